The van der Waals surface area contributed by atoms with Crippen LogP contribution in [-0.2, 0) is 0 Å². The summed E-state index contributed by atoms with van der Waals surface area (Å²) >= 11 is 0. The largest absolute Gasteiger partial charge is 0.488 e. The summed E-state index contributed by atoms with van der Waals surface area (Å²) in [4.78, 5) is 11.1. The summed E-state index contributed by atoms with van der Waals surface area (Å²) in [6, 6.07) is 2.11. The van der Waals surface area contributed by atoms with E-state index in [1.807, 2.05) is 0 Å². The van der Waals surface area contributed by atoms with Crippen LogP contribution < -0.4 is 4.74 Å². The second kappa shape index (κ2) is 4.96. The Morgan fingerprint density at radius 3 is 2.28 bits per heavy atom. The Kier molecular flexibility index (Phi) is 3.98. The van der Waals surface area contributed by atoms with Gasteiger partial charge in [-0.1, -0.05) is 0 Å². The van der Waals surface area contributed by atoms with Crippen molar-refractivity contribution in [1.82, 2.24) is 0 Å². The molecular weight excluding hydrogens is 252 g/mol. The van der Waals surface area contributed by atoms with Crippen LogP contribution in [0.3, 0.4) is 0 Å². The van der Waals surface area contributed by atoms with Gasteiger partial charge in [0.2, 0.25) is 0 Å². The maximum atomic E-state index is 13.7. The number of aryl methyl sites for hydroxylation is 1. The zero-order valence-electron chi connectivity index (χ0n) is 10.1. The lowest BCUT2D eigenvalue weighted by Crippen LogP contribution is -2.24. The van der Waals surface area contributed by atoms with Crippen molar-refractivity contribution in [2.45, 2.75) is 33.1 Å². The van der Waals surface area contributed by atoms with Crippen LogP contribution in [0.5, 0.6) is 5.75 Å². The zero-order chi connectivity index (χ0) is 14.1. The summed E-state index contributed by atoms with van der Waals surface area (Å²) in [6.07, 6.45) is -5.51. The summed E-state index contributed by atoms with van der Waals surface area (Å²) in [5.41, 5.74) is -0.696. The first-order chi connectivity index (χ1) is 8.12. The van der Waals surface area contributed by atoms with Gasteiger partial charge in [-0.3, -0.25) is 4.79 Å². The van der Waals surface area contributed by atoms with Gasteiger partial charge in [-0.15, -0.1) is 0 Å². The summed E-state index contributed by atoms with van der Waals surface area (Å²) in [5.74, 6) is -3.84. The average molecular weight is 264 g/mol. The van der Waals surface area contributed by atoms with E-state index >= 15 is 0 Å². The predicted octanol–water partition coefficient (Wildman–Crippen LogP) is 3.67. The molecule has 0 aliphatic carbocycles. The Labute approximate surface area is 102 Å². The molecule has 1 aromatic rings. The van der Waals surface area contributed by atoms with E-state index in [9.17, 15) is 22.4 Å². The van der Waals surface area contributed by atoms with Crippen molar-refractivity contribution in [3.63, 3.8) is 0 Å². The van der Waals surface area contributed by atoms with E-state index in [4.69, 9.17) is 4.74 Å². The molecule has 0 bridgehead atoms. The van der Waals surface area contributed by atoms with Gasteiger partial charge in [-0.2, -0.15) is 13.2 Å². The molecule has 100 valence electrons. The Balaban J connectivity index is 3.29. The van der Waals surface area contributed by atoms with Crippen LogP contribution in [0, 0.1) is 12.7 Å². The Hall–Kier alpha value is -1.59. The molecule has 0 radical (unpaired) electrons. The first-order valence-corrected chi connectivity index (χ1v) is 5.21. The van der Waals surface area contributed by atoms with Crippen molar-refractivity contribution in [3.8, 4) is 5.75 Å². The Bertz CT molecular complexity index is 464. The van der Waals surface area contributed by atoms with E-state index < -0.39 is 29.4 Å². The van der Waals surface area contributed by atoms with Crippen LogP contribution >= 0.6 is 0 Å². The van der Waals surface area contributed by atoms with E-state index in [-0.39, 0.29) is 5.75 Å². The van der Waals surface area contributed by atoms with Crippen LogP contribution in [0.25, 0.3) is 0 Å². The normalized spacial score (nSPS) is 11.8. The predicted molar refractivity (Wildman–Crippen MR) is 57.3 cm³/mol. The zero-order valence-corrected chi connectivity index (χ0v) is 10.1. The van der Waals surface area contributed by atoms with Gasteiger partial charge in [0.05, 0.1) is 11.7 Å². The number of rotatable bonds is 3. The molecular formula is C12H12F4O2. The highest BCUT2D eigenvalue weighted by Gasteiger charge is 2.41. The molecule has 0 unspecified atom stereocenters. The molecule has 0 saturated carbocycles. The third-order valence-electron chi connectivity index (χ3n) is 2.05. The number of carbonyl (C=O) groups excluding carboxylic acids is 1. The fourth-order valence-corrected chi connectivity index (χ4v) is 1.39. The second-order valence-corrected chi connectivity index (χ2v) is 4.12. The molecule has 0 aliphatic heterocycles. The quantitative estimate of drug-likeness (QED) is 0.615. The summed E-state index contributed by atoms with van der Waals surface area (Å²) in [7, 11) is 0. The maximum absolute atomic E-state index is 13.7. The molecule has 0 fully saturated rings. The number of hydrogen-bond acceptors (Lipinski definition) is 2. The van der Waals surface area contributed by atoms with Crippen molar-refractivity contribution in [2.24, 2.45) is 0 Å². The molecule has 18 heavy (non-hydrogen) atoms. The van der Waals surface area contributed by atoms with Gasteiger partial charge in [0, 0.05) is 0 Å². The third-order valence-corrected chi connectivity index (χ3v) is 2.05. The first kappa shape index (κ1) is 14.5. The van der Waals surface area contributed by atoms with E-state index in [2.05, 4.69) is 0 Å². The fourth-order valence-electron chi connectivity index (χ4n) is 1.39. The van der Waals surface area contributed by atoms with Gasteiger partial charge < -0.3 is 4.74 Å². The number of Topliss-reactive ketones (excluding diaryl/α,β-unsaturated/α-hetero) is 1. The SMILES string of the molecule is Cc1cc(OC(C)C)c(F)c(C(=O)C(F)(F)F)c1. The molecule has 0 aromatic heterocycles. The van der Waals surface area contributed by atoms with Crippen molar-refractivity contribution in [1.29, 1.82) is 0 Å². The fraction of sp³-hybridized carbons (Fsp3) is 0.417. The first-order valence-electron chi connectivity index (χ1n) is 5.21. The van der Waals surface area contributed by atoms with Crippen LogP contribution in [0.1, 0.15) is 29.8 Å². The van der Waals surface area contributed by atoms with Gasteiger partial charge in [0.15, 0.2) is 11.6 Å². The van der Waals surface area contributed by atoms with Gasteiger partial charge in [-0.25, -0.2) is 4.39 Å². The van der Waals surface area contributed by atoms with Crippen LogP contribution in [-0.4, -0.2) is 18.1 Å². The minimum atomic E-state index is -5.11. The van der Waals surface area contributed by atoms with Crippen molar-refractivity contribution in [2.75, 3.05) is 0 Å². The van der Waals surface area contributed by atoms with E-state index in [1.165, 1.54) is 13.0 Å². The Morgan fingerprint density at radius 1 is 1.28 bits per heavy atom. The summed E-state index contributed by atoms with van der Waals surface area (Å²) in [6.45, 7) is 4.67. The number of carbonyl (C=O) groups is 1. The average Bonchev–Trinajstić information content (AvgIpc) is 2.19. The number of halogens is 4. The second-order valence-electron chi connectivity index (χ2n) is 4.12. The lowest BCUT2D eigenvalue weighted by Gasteiger charge is -2.14. The number of alkyl halides is 3. The topological polar surface area (TPSA) is 26.3 Å². The Morgan fingerprint density at radius 2 is 1.83 bits per heavy atom. The molecule has 0 aliphatic rings. The minimum Gasteiger partial charge on any atom is -0.488 e. The highest BCUT2D eigenvalue weighted by Crippen LogP contribution is 2.29. The van der Waals surface area contributed by atoms with E-state index in [1.54, 1.807) is 13.8 Å². The van der Waals surface area contributed by atoms with Gasteiger partial charge >= 0.3 is 6.18 Å². The number of hydrogen-bond donors (Lipinski definition) is 0. The molecule has 0 N–H and O–H groups in total. The summed E-state index contributed by atoms with van der Waals surface area (Å²) in [5, 5.41) is 0. The molecule has 2 nitrogen and oxygen atoms in total. The van der Waals surface area contributed by atoms with Crippen molar-refractivity contribution < 1.29 is 27.1 Å². The highest BCUT2D eigenvalue weighted by atomic mass is 19.4. The van der Waals surface area contributed by atoms with Crippen molar-refractivity contribution >= 4 is 5.78 Å². The van der Waals surface area contributed by atoms with Gasteiger partial charge in [-0.05, 0) is 38.5 Å². The highest BCUT2D eigenvalue weighted by molar-refractivity contribution is 6.01. The van der Waals surface area contributed by atoms with Crippen LogP contribution in [0.2, 0.25) is 0 Å². The molecule has 0 heterocycles. The smallest absolute Gasteiger partial charge is 0.454 e. The molecule has 1 aromatic carbocycles. The number of benzene rings is 1. The van der Waals surface area contributed by atoms with Gasteiger partial charge in [0.25, 0.3) is 5.78 Å². The van der Waals surface area contributed by atoms with Crippen molar-refractivity contribution in [3.05, 3.63) is 29.1 Å². The maximum Gasteiger partial charge on any atom is 0.454 e. The lowest BCUT2D eigenvalue weighted by molar-refractivity contribution is -0.0887. The lowest BCUT2D eigenvalue weighted by atomic mass is 10.1. The van der Waals surface area contributed by atoms with Crippen LogP contribution in [0.4, 0.5) is 17.6 Å². The monoisotopic (exact) mass is 264 g/mol. The molecule has 6 heteroatoms. The minimum absolute atomic E-state index is 0.319. The molecule has 0 atom stereocenters. The molecule has 0 saturated heterocycles. The van der Waals surface area contributed by atoms with Crippen LogP contribution in [0.15, 0.2) is 12.1 Å². The summed E-state index contributed by atoms with van der Waals surface area (Å²) < 4.78 is 55.6. The molecule has 0 spiro atoms. The molecule has 0 amide bonds. The number of ether oxygens (including phenoxy) is 1. The number of ketones is 1. The third kappa shape index (κ3) is 3.21. The van der Waals surface area contributed by atoms with E-state index in [0.29, 0.717) is 5.56 Å². The van der Waals surface area contributed by atoms with E-state index in [0.717, 1.165) is 6.07 Å². The molecule has 1 rings (SSSR count). The standard InChI is InChI=1S/C12H12F4O2/c1-6(2)18-9-5-7(3)4-8(10(9)13)11(17)12(14,15)16/h4-6H,1-3H3. The van der Waals surface area contributed by atoms with Gasteiger partial charge in [0.1, 0.15) is 0 Å².